The summed E-state index contributed by atoms with van der Waals surface area (Å²) < 4.78 is 5.31. The van der Waals surface area contributed by atoms with Crippen LogP contribution in [0.25, 0.3) is 0 Å². The molecule has 2 nitrogen and oxygen atoms in total. The maximum absolute atomic E-state index is 11.9. The first-order valence-corrected chi connectivity index (χ1v) is 6.53. The van der Waals surface area contributed by atoms with Gasteiger partial charge in [0.05, 0.1) is 12.5 Å². The van der Waals surface area contributed by atoms with Gasteiger partial charge in [0.15, 0.2) is 0 Å². The molecule has 2 aliphatic carbocycles. The van der Waals surface area contributed by atoms with E-state index in [4.69, 9.17) is 4.74 Å². The van der Waals surface area contributed by atoms with Crippen LogP contribution in [0.5, 0.6) is 0 Å². The average molecular weight is 208 g/mol. The third-order valence-corrected chi connectivity index (χ3v) is 4.83. The molecule has 1 atom stereocenters. The van der Waals surface area contributed by atoms with E-state index in [0.717, 1.165) is 24.7 Å². The second-order valence-electron chi connectivity index (χ2n) is 5.52. The zero-order valence-corrected chi connectivity index (χ0v) is 9.28. The van der Waals surface area contributed by atoms with Gasteiger partial charge in [-0.1, -0.05) is 0 Å². The highest BCUT2D eigenvalue weighted by Crippen LogP contribution is 2.53. The van der Waals surface area contributed by atoms with Crippen molar-refractivity contribution in [3.8, 4) is 0 Å². The van der Waals surface area contributed by atoms with Crippen LogP contribution in [0.4, 0.5) is 0 Å². The van der Waals surface area contributed by atoms with E-state index < -0.39 is 0 Å². The standard InChI is InChI=1S/C13H20O2/c14-13-11(3-1-2-8-15-13)12-9-4-5-10(12)7-6-9/h9-12H,1-8H2. The molecule has 1 aliphatic heterocycles. The number of fused-ring (bicyclic) bond motifs is 2. The van der Waals surface area contributed by atoms with Crippen molar-refractivity contribution < 1.29 is 9.53 Å². The quantitative estimate of drug-likeness (QED) is 0.619. The van der Waals surface area contributed by atoms with E-state index >= 15 is 0 Å². The van der Waals surface area contributed by atoms with Crippen molar-refractivity contribution in [2.45, 2.75) is 44.9 Å². The van der Waals surface area contributed by atoms with Crippen molar-refractivity contribution in [1.82, 2.24) is 0 Å². The van der Waals surface area contributed by atoms with E-state index in [1.807, 2.05) is 0 Å². The van der Waals surface area contributed by atoms with Gasteiger partial charge in [-0.25, -0.2) is 0 Å². The summed E-state index contributed by atoms with van der Waals surface area (Å²) in [7, 11) is 0. The normalized spacial score (nSPS) is 45.2. The molecule has 0 aromatic rings. The highest BCUT2D eigenvalue weighted by Gasteiger charge is 2.48. The molecule has 1 unspecified atom stereocenters. The number of ether oxygens (including phenoxy) is 1. The fourth-order valence-corrected chi connectivity index (χ4v) is 4.17. The first kappa shape index (κ1) is 9.68. The summed E-state index contributed by atoms with van der Waals surface area (Å²) in [6.45, 7) is 0.664. The lowest BCUT2D eigenvalue weighted by atomic mass is 9.81. The average Bonchev–Trinajstić information content (AvgIpc) is 2.76. The molecule has 3 rings (SSSR count). The summed E-state index contributed by atoms with van der Waals surface area (Å²) in [5, 5.41) is 0. The van der Waals surface area contributed by atoms with Gasteiger partial charge in [0.25, 0.3) is 0 Å². The van der Waals surface area contributed by atoms with Crippen LogP contribution in [-0.2, 0) is 9.53 Å². The summed E-state index contributed by atoms with van der Waals surface area (Å²) >= 11 is 0. The Labute approximate surface area is 91.4 Å². The van der Waals surface area contributed by atoms with Crippen molar-refractivity contribution in [3.05, 3.63) is 0 Å². The van der Waals surface area contributed by atoms with Crippen LogP contribution in [0.15, 0.2) is 0 Å². The molecule has 0 radical (unpaired) electrons. The van der Waals surface area contributed by atoms with Crippen LogP contribution in [0.1, 0.15) is 44.9 Å². The van der Waals surface area contributed by atoms with Gasteiger partial charge in [0, 0.05) is 0 Å². The van der Waals surface area contributed by atoms with Crippen LogP contribution < -0.4 is 0 Å². The summed E-state index contributed by atoms with van der Waals surface area (Å²) in [5.74, 6) is 2.77. The molecule has 1 heterocycles. The van der Waals surface area contributed by atoms with E-state index in [-0.39, 0.29) is 11.9 Å². The third-order valence-electron chi connectivity index (χ3n) is 4.83. The van der Waals surface area contributed by atoms with Gasteiger partial charge in [-0.2, -0.15) is 0 Å². The van der Waals surface area contributed by atoms with Crippen LogP contribution in [0.3, 0.4) is 0 Å². The molecule has 2 saturated carbocycles. The van der Waals surface area contributed by atoms with Crippen molar-refractivity contribution in [1.29, 1.82) is 0 Å². The third kappa shape index (κ3) is 1.58. The van der Waals surface area contributed by atoms with Crippen LogP contribution in [0, 0.1) is 23.7 Å². The molecule has 2 bridgehead atoms. The highest BCUT2D eigenvalue weighted by molar-refractivity contribution is 5.73. The molecule has 0 N–H and O–H groups in total. The van der Waals surface area contributed by atoms with E-state index in [2.05, 4.69) is 0 Å². The van der Waals surface area contributed by atoms with Crippen LogP contribution in [0.2, 0.25) is 0 Å². The predicted molar refractivity (Wildman–Crippen MR) is 57.2 cm³/mol. The Balaban J connectivity index is 1.77. The Morgan fingerprint density at radius 3 is 2.27 bits per heavy atom. The van der Waals surface area contributed by atoms with Gasteiger partial charge in [-0.05, 0) is 62.7 Å². The van der Waals surface area contributed by atoms with Gasteiger partial charge >= 0.3 is 5.97 Å². The Hall–Kier alpha value is -0.530. The molecular formula is C13H20O2. The highest BCUT2D eigenvalue weighted by atomic mass is 16.5. The van der Waals surface area contributed by atoms with Crippen molar-refractivity contribution in [2.75, 3.05) is 6.61 Å². The Morgan fingerprint density at radius 2 is 1.60 bits per heavy atom. The zero-order chi connectivity index (χ0) is 10.3. The Bertz CT molecular complexity index is 241. The number of rotatable bonds is 1. The number of hydrogen-bond acceptors (Lipinski definition) is 2. The number of esters is 1. The molecule has 0 aromatic carbocycles. The second-order valence-corrected chi connectivity index (χ2v) is 5.52. The summed E-state index contributed by atoms with van der Waals surface area (Å²) in [6.07, 6.45) is 8.85. The fourth-order valence-electron chi connectivity index (χ4n) is 4.17. The Morgan fingerprint density at radius 1 is 0.933 bits per heavy atom. The first-order chi connectivity index (χ1) is 7.36. The number of hydrogen-bond donors (Lipinski definition) is 0. The minimum Gasteiger partial charge on any atom is -0.465 e. The first-order valence-electron chi connectivity index (χ1n) is 6.53. The van der Waals surface area contributed by atoms with Gasteiger partial charge in [-0.3, -0.25) is 4.79 Å². The summed E-state index contributed by atoms with van der Waals surface area (Å²) in [5.41, 5.74) is 0. The predicted octanol–water partition coefficient (Wildman–Crippen LogP) is 2.77. The monoisotopic (exact) mass is 208 g/mol. The molecule has 15 heavy (non-hydrogen) atoms. The Kier molecular flexibility index (Phi) is 2.45. The molecule has 84 valence electrons. The second kappa shape index (κ2) is 3.80. The zero-order valence-electron chi connectivity index (χ0n) is 9.28. The number of carbonyl (C=O) groups excluding carboxylic acids is 1. The molecule has 3 fully saturated rings. The minimum atomic E-state index is 0.122. The molecular weight excluding hydrogens is 188 g/mol. The van der Waals surface area contributed by atoms with Crippen LogP contribution in [-0.4, -0.2) is 12.6 Å². The number of carbonyl (C=O) groups is 1. The summed E-state index contributed by atoms with van der Waals surface area (Å²) in [6, 6.07) is 0. The van der Waals surface area contributed by atoms with Crippen molar-refractivity contribution in [3.63, 3.8) is 0 Å². The van der Waals surface area contributed by atoms with Gasteiger partial charge < -0.3 is 4.74 Å². The number of cyclic esters (lactones) is 1. The largest absolute Gasteiger partial charge is 0.465 e. The lowest BCUT2D eigenvalue weighted by Crippen LogP contribution is -2.27. The fraction of sp³-hybridized carbons (Fsp3) is 0.923. The molecule has 2 heteroatoms. The van der Waals surface area contributed by atoms with Gasteiger partial charge in [-0.15, -0.1) is 0 Å². The smallest absolute Gasteiger partial charge is 0.309 e. The maximum atomic E-state index is 11.9. The van der Waals surface area contributed by atoms with E-state index in [1.165, 1.54) is 32.1 Å². The topological polar surface area (TPSA) is 26.3 Å². The minimum absolute atomic E-state index is 0.122. The van der Waals surface area contributed by atoms with E-state index in [0.29, 0.717) is 12.5 Å². The van der Waals surface area contributed by atoms with Gasteiger partial charge in [0.2, 0.25) is 0 Å². The molecule has 1 saturated heterocycles. The van der Waals surface area contributed by atoms with Crippen molar-refractivity contribution >= 4 is 5.97 Å². The summed E-state index contributed by atoms with van der Waals surface area (Å²) in [4.78, 5) is 11.9. The molecule has 0 amide bonds. The maximum Gasteiger partial charge on any atom is 0.309 e. The lowest BCUT2D eigenvalue weighted by molar-refractivity contribution is -0.150. The lowest BCUT2D eigenvalue weighted by Gasteiger charge is -2.23. The van der Waals surface area contributed by atoms with Crippen molar-refractivity contribution in [2.24, 2.45) is 23.7 Å². The SMILES string of the molecule is O=C1OCCCCC1C1C2CCC1CC2. The van der Waals surface area contributed by atoms with E-state index in [1.54, 1.807) is 0 Å². The van der Waals surface area contributed by atoms with Crippen LogP contribution >= 0.6 is 0 Å². The molecule has 0 spiro atoms. The van der Waals surface area contributed by atoms with E-state index in [9.17, 15) is 4.79 Å². The molecule has 0 aromatic heterocycles. The molecule has 3 aliphatic rings. The van der Waals surface area contributed by atoms with Gasteiger partial charge in [0.1, 0.15) is 0 Å².